The average molecular weight is 330 g/mol. The van der Waals surface area contributed by atoms with Crippen LogP contribution in [0.4, 0.5) is 5.13 Å². The monoisotopic (exact) mass is 330 g/mol. The minimum Gasteiger partial charge on any atom is -0.297 e. The van der Waals surface area contributed by atoms with Gasteiger partial charge in [-0.15, -0.1) is 22.7 Å². The predicted molar refractivity (Wildman–Crippen MR) is 88.7 cm³/mol. The molecule has 0 fully saturated rings. The van der Waals surface area contributed by atoms with Crippen LogP contribution in [0.5, 0.6) is 0 Å². The van der Waals surface area contributed by atoms with Crippen LogP contribution in [-0.2, 0) is 19.9 Å². The number of rotatable bonds is 2. The third-order valence-corrected chi connectivity index (χ3v) is 5.82. The van der Waals surface area contributed by atoms with Crippen LogP contribution in [-0.4, -0.2) is 20.7 Å². The van der Waals surface area contributed by atoms with Gasteiger partial charge in [0.1, 0.15) is 0 Å². The Morgan fingerprint density at radius 3 is 2.95 bits per heavy atom. The van der Waals surface area contributed by atoms with Crippen molar-refractivity contribution in [3.8, 4) is 11.3 Å². The predicted octanol–water partition coefficient (Wildman–Crippen LogP) is 3.26. The first-order valence-electron chi connectivity index (χ1n) is 7.00. The molecule has 0 atom stereocenters. The molecule has 0 spiro atoms. The Labute approximate surface area is 135 Å². The Kier molecular flexibility index (Phi) is 3.12. The van der Waals surface area contributed by atoms with Crippen molar-refractivity contribution in [3.63, 3.8) is 0 Å². The Bertz CT molecular complexity index is 874. The number of hydrogen-bond acceptors (Lipinski definition) is 5. The molecule has 22 heavy (non-hydrogen) atoms. The SMILES string of the molecule is Cc1ccc(C(=O)Nc2nc3c(s2)CCc2c-3cnn2C)s1. The number of aryl methyl sites for hydroxylation is 3. The van der Waals surface area contributed by atoms with Gasteiger partial charge in [0, 0.05) is 28.1 Å². The first-order chi connectivity index (χ1) is 10.6. The fourth-order valence-corrected chi connectivity index (χ4v) is 4.42. The van der Waals surface area contributed by atoms with Crippen molar-refractivity contribution in [3.05, 3.63) is 38.7 Å². The number of nitrogens with zero attached hydrogens (tertiary/aromatic N) is 3. The lowest BCUT2D eigenvalue weighted by atomic mass is 10.0. The first-order valence-corrected chi connectivity index (χ1v) is 8.64. The van der Waals surface area contributed by atoms with Crippen LogP contribution in [0.2, 0.25) is 0 Å². The first kappa shape index (κ1) is 13.7. The number of carbonyl (C=O) groups excluding carboxylic acids is 1. The molecule has 112 valence electrons. The van der Waals surface area contributed by atoms with Gasteiger partial charge in [0.25, 0.3) is 5.91 Å². The van der Waals surface area contributed by atoms with Crippen LogP contribution in [0.15, 0.2) is 18.3 Å². The summed E-state index contributed by atoms with van der Waals surface area (Å²) >= 11 is 3.06. The maximum absolute atomic E-state index is 12.2. The van der Waals surface area contributed by atoms with Crippen molar-refractivity contribution >= 4 is 33.7 Å². The van der Waals surface area contributed by atoms with Crippen molar-refractivity contribution < 1.29 is 4.79 Å². The summed E-state index contributed by atoms with van der Waals surface area (Å²) in [5, 5.41) is 7.90. The van der Waals surface area contributed by atoms with E-state index >= 15 is 0 Å². The van der Waals surface area contributed by atoms with E-state index in [9.17, 15) is 4.79 Å². The number of amides is 1. The number of thiophene rings is 1. The van der Waals surface area contributed by atoms with E-state index in [-0.39, 0.29) is 5.91 Å². The molecule has 0 aromatic carbocycles. The second kappa shape index (κ2) is 5.03. The van der Waals surface area contributed by atoms with Crippen molar-refractivity contribution in [2.45, 2.75) is 19.8 Å². The lowest BCUT2D eigenvalue weighted by Crippen LogP contribution is -2.09. The van der Waals surface area contributed by atoms with Gasteiger partial charge in [0.05, 0.1) is 16.8 Å². The molecule has 1 N–H and O–H groups in total. The number of carbonyl (C=O) groups is 1. The molecular weight excluding hydrogens is 316 g/mol. The van der Waals surface area contributed by atoms with Gasteiger partial charge in [0.2, 0.25) is 0 Å². The fraction of sp³-hybridized carbons (Fsp3) is 0.267. The third-order valence-electron chi connectivity index (χ3n) is 3.79. The molecule has 7 heteroatoms. The minimum atomic E-state index is -0.0874. The highest BCUT2D eigenvalue weighted by Crippen LogP contribution is 2.38. The third kappa shape index (κ3) is 2.17. The second-order valence-corrected chi connectivity index (χ2v) is 7.66. The van der Waals surface area contributed by atoms with Gasteiger partial charge in [-0.05, 0) is 31.9 Å². The molecular formula is C15H14N4OS2. The normalized spacial score (nSPS) is 12.8. The summed E-state index contributed by atoms with van der Waals surface area (Å²) in [5.74, 6) is -0.0874. The molecule has 3 aromatic rings. The summed E-state index contributed by atoms with van der Waals surface area (Å²) in [7, 11) is 1.96. The van der Waals surface area contributed by atoms with Crippen molar-refractivity contribution in [2.75, 3.05) is 5.32 Å². The van der Waals surface area contributed by atoms with Crippen molar-refractivity contribution in [2.24, 2.45) is 7.05 Å². The Balaban J connectivity index is 1.63. The molecule has 4 rings (SSSR count). The van der Waals surface area contributed by atoms with E-state index in [1.165, 1.54) is 21.9 Å². The van der Waals surface area contributed by atoms with E-state index in [2.05, 4.69) is 15.4 Å². The Morgan fingerprint density at radius 1 is 1.32 bits per heavy atom. The van der Waals surface area contributed by atoms with Crippen LogP contribution >= 0.6 is 22.7 Å². The quantitative estimate of drug-likeness (QED) is 0.784. The summed E-state index contributed by atoms with van der Waals surface area (Å²) in [6.45, 7) is 1.99. The highest BCUT2D eigenvalue weighted by molar-refractivity contribution is 7.16. The highest BCUT2D eigenvalue weighted by atomic mass is 32.1. The summed E-state index contributed by atoms with van der Waals surface area (Å²) in [6.07, 6.45) is 3.79. The van der Waals surface area contributed by atoms with Crippen molar-refractivity contribution in [1.29, 1.82) is 0 Å². The van der Waals surface area contributed by atoms with Gasteiger partial charge in [-0.2, -0.15) is 5.10 Å². The zero-order valence-corrected chi connectivity index (χ0v) is 13.8. The molecule has 5 nitrogen and oxygen atoms in total. The fourth-order valence-electron chi connectivity index (χ4n) is 2.69. The average Bonchev–Trinajstić information content (AvgIpc) is 3.17. The van der Waals surface area contributed by atoms with Crippen LogP contribution in [0.3, 0.4) is 0 Å². The molecule has 3 heterocycles. The number of thiazole rings is 1. The van der Waals surface area contributed by atoms with Crippen molar-refractivity contribution in [1.82, 2.24) is 14.8 Å². The van der Waals surface area contributed by atoms with Crippen LogP contribution in [0, 0.1) is 6.92 Å². The number of aromatic nitrogens is 3. The van der Waals surface area contributed by atoms with E-state index in [1.54, 1.807) is 11.3 Å². The summed E-state index contributed by atoms with van der Waals surface area (Å²) in [6, 6.07) is 3.80. The van der Waals surface area contributed by atoms with E-state index < -0.39 is 0 Å². The van der Waals surface area contributed by atoms with Gasteiger partial charge >= 0.3 is 0 Å². The molecule has 1 aliphatic rings. The van der Waals surface area contributed by atoms with Gasteiger partial charge < -0.3 is 0 Å². The second-order valence-electron chi connectivity index (χ2n) is 5.28. The molecule has 1 amide bonds. The van der Waals surface area contributed by atoms with E-state index in [0.29, 0.717) is 10.0 Å². The molecule has 0 saturated heterocycles. The summed E-state index contributed by atoms with van der Waals surface area (Å²) in [5.41, 5.74) is 3.27. The van der Waals surface area contributed by atoms with E-state index in [4.69, 9.17) is 0 Å². The lowest BCUT2D eigenvalue weighted by molar-refractivity contribution is 0.103. The molecule has 1 aliphatic carbocycles. The molecule has 0 unspecified atom stereocenters. The number of nitrogens with one attached hydrogen (secondary N) is 1. The Hall–Kier alpha value is -1.99. The zero-order chi connectivity index (χ0) is 15.3. The largest absolute Gasteiger partial charge is 0.297 e. The molecule has 0 saturated carbocycles. The molecule has 0 radical (unpaired) electrons. The molecule has 0 aliphatic heterocycles. The minimum absolute atomic E-state index is 0.0874. The van der Waals surface area contributed by atoms with Gasteiger partial charge in [-0.1, -0.05) is 0 Å². The smallest absolute Gasteiger partial charge is 0.267 e. The maximum Gasteiger partial charge on any atom is 0.267 e. The Morgan fingerprint density at radius 2 is 2.18 bits per heavy atom. The molecule has 3 aromatic heterocycles. The molecule has 0 bridgehead atoms. The maximum atomic E-state index is 12.2. The summed E-state index contributed by atoms with van der Waals surface area (Å²) in [4.78, 5) is 19.9. The number of anilines is 1. The highest BCUT2D eigenvalue weighted by Gasteiger charge is 2.24. The van der Waals surface area contributed by atoms with Gasteiger partial charge in [-0.25, -0.2) is 4.98 Å². The topological polar surface area (TPSA) is 59.8 Å². The van der Waals surface area contributed by atoms with Gasteiger partial charge in [0.15, 0.2) is 5.13 Å². The zero-order valence-electron chi connectivity index (χ0n) is 12.2. The van der Waals surface area contributed by atoms with Crippen LogP contribution in [0.25, 0.3) is 11.3 Å². The lowest BCUT2D eigenvalue weighted by Gasteiger charge is -2.10. The van der Waals surface area contributed by atoms with Gasteiger partial charge in [-0.3, -0.25) is 14.8 Å². The standard InChI is InChI=1S/C15H14N4OS2/c1-8-3-5-12(21-8)14(20)18-15-17-13-9-7-16-19(2)10(9)4-6-11(13)22-15/h3,5,7H,4,6H2,1-2H3,(H,17,18,20). The van der Waals surface area contributed by atoms with Crippen LogP contribution in [0.1, 0.15) is 25.1 Å². The summed E-state index contributed by atoms with van der Waals surface area (Å²) < 4.78 is 1.91. The van der Waals surface area contributed by atoms with Crippen LogP contribution < -0.4 is 5.32 Å². The van der Waals surface area contributed by atoms with E-state index in [0.717, 1.165) is 29.0 Å². The number of hydrogen-bond donors (Lipinski definition) is 1. The van der Waals surface area contributed by atoms with E-state index in [1.807, 2.05) is 37.0 Å². The number of fused-ring (bicyclic) bond motifs is 3.